The second-order valence-corrected chi connectivity index (χ2v) is 3.84. The largest absolute Gasteiger partial charge is 0.348 e. The fourth-order valence-corrected chi connectivity index (χ4v) is 0.961. The highest BCUT2D eigenvalue weighted by atomic mass is 16.2. The molecule has 78 valence electrons. The summed E-state index contributed by atoms with van der Waals surface area (Å²) in [7, 11) is 3.55. The van der Waals surface area contributed by atoms with Crippen molar-refractivity contribution in [3.8, 4) is 0 Å². The van der Waals surface area contributed by atoms with Gasteiger partial charge in [0.15, 0.2) is 0 Å². The van der Waals surface area contributed by atoms with Gasteiger partial charge in [0.1, 0.15) is 0 Å². The summed E-state index contributed by atoms with van der Waals surface area (Å²) in [6, 6.07) is 0.411. The lowest BCUT2D eigenvalue weighted by Gasteiger charge is -2.20. The van der Waals surface area contributed by atoms with E-state index in [1.807, 2.05) is 0 Å². The van der Waals surface area contributed by atoms with Gasteiger partial charge in [0, 0.05) is 20.1 Å². The molecule has 0 aromatic rings. The maximum absolute atomic E-state index is 11.2. The number of nitrogens with zero attached hydrogens (tertiary/aromatic N) is 1. The molecule has 3 heteroatoms. The molecule has 2 atom stereocenters. The SMILES string of the molecule is CC[C@@H](C)[C@H](C)NCC(=O)N(C)C. The van der Waals surface area contributed by atoms with E-state index in [1.54, 1.807) is 19.0 Å². The van der Waals surface area contributed by atoms with Gasteiger partial charge in [0.2, 0.25) is 5.91 Å². The monoisotopic (exact) mass is 186 g/mol. The predicted molar refractivity (Wildman–Crippen MR) is 55.6 cm³/mol. The molecule has 13 heavy (non-hydrogen) atoms. The normalized spacial score (nSPS) is 15.2. The van der Waals surface area contributed by atoms with E-state index in [0.717, 1.165) is 6.42 Å². The van der Waals surface area contributed by atoms with Crippen LogP contribution in [0.2, 0.25) is 0 Å². The molecule has 0 aromatic heterocycles. The molecule has 0 saturated carbocycles. The van der Waals surface area contributed by atoms with E-state index in [2.05, 4.69) is 26.1 Å². The first-order valence-electron chi connectivity index (χ1n) is 4.92. The van der Waals surface area contributed by atoms with Gasteiger partial charge in [0.05, 0.1) is 6.54 Å². The molecule has 0 heterocycles. The minimum Gasteiger partial charge on any atom is -0.348 e. The van der Waals surface area contributed by atoms with Crippen molar-refractivity contribution in [3.05, 3.63) is 0 Å². The van der Waals surface area contributed by atoms with Gasteiger partial charge in [-0.3, -0.25) is 4.79 Å². The van der Waals surface area contributed by atoms with Crippen molar-refractivity contribution in [1.82, 2.24) is 10.2 Å². The molecule has 0 aliphatic rings. The number of carbonyl (C=O) groups is 1. The highest BCUT2D eigenvalue weighted by Crippen LogP contribution is 2.05. The molecule has 0 rings (SSSR count). The molecule has 1 amide bonds. The number of likely N-dealkylation sites (N-methyl/N-ethyl adjacent to an activating group) is 1. The highest BCUT2D eigenvalue weighted by molar-refractivity contribution is 5.77. The standard InChI is InChI=1S/C10H22N2O/c1-6-8(2)9(3)11-7-10(13)12(4)5/h8-9,11H,6-7H2,1-5H3/t8-,9+/m1/s1. The maximum atomic E-state index is 11.2. The molecule has 0 aliphatic heterocycles. The van der Waals surface area contributed by atoms with E-state index in [1.165, 1.54) is 0 Å². The van der Waals surface area contributed by atoms with Crippen LogP contribution in [0.1, 0.15) is 27.2 Å². The summed E-state index contributed by atoms with van der Waals surface area (Å²) >= 11 is 0. The van der Waals surface area contributed by atoms with Gasteiger partial charge < -0.3 is 10.2 Å². The molecule has 0 saturated heterocycles. The Hall–Kier alpha value is -0.570. The van der Waals surface area contributed by atoms with Crippen LogP contribution in [0.15, 0.2) is 0 Å². The zero-order chi connectivity index (χ0) is 10.4. The molecule has 1 N–H and O–H groups in total. The van der Waals surface area contributed by atoms with Gasteiger partial charge >= 0.3 is 0 Å². The zero-order valence-electron chi connectivity index (χ0n) is 9.42. The van der Waals surface area contributed by atoms with Crippen LogP contribution in [0.5, 0.6) is 0 Å². The van der Waals surface area contributed by atoms with E-state index in [-0.39, 0.29) is 5.91 Å². The van der Waals surface area contributed by atoms with Crippen LogP contribution in [0.3, 0.4) is 0 Å². The van der Waals surface area contributed by atoms with Crippen molar-refractivity contribution in [1.29, 1.82) is 0 Å². The summed E-state index contributed by atoms with van der Waals surface area (Å²) in [5.74, 6) is 0.755. The average molecular weight is 186 g/mol. The Morgan fingerprint density at radius 1 is 1.38 bits per heavy atom. The molecule has 0 aliphatic carbocycles. The Kier molecular flexibility index (Phi) is 5.71. The van der Waals surface area contributed by atoms with Crippen molar-refractivity contribution in [2.75, 3.05) is 20.6 Å². The van der Waals surface area contributed by atoms with Crippen molar-refractivity contribution < 1.29 is 4.79 Å². The van der Waals surface area contributed by atoms with E-state index in [4.69, 9.17) is 0 Å². The van der Waals surface area contributed by atoms with E-state index in [0.29, 0.717) is 18.5 Å². The summed E-state index contributed by atoms with van der Waals surface area (Å²) in [5, 5.41) is 3.22. The topological polar surface area (TPSA) is 32.3 Å². The summed E-state index contributed by atoms with van der Waals surface area (Å²) < 4.78 is 0. The first-order chi connectivity index (χ1) is 5.99. The molecule has 0 fully saturated rings. The molecule has 0 radical (unpaired) electrons. The Bertz CT molecular complexity index is 157. The molecular formula is C10H22N2O. The summed E-state index contributed by atoms with van der Waals surface area (Å²) in [6.07, 6.45) is 1.14. The molecule has 3 nitrogen and oxygen atoms in total. The van der Waals surface area contributed by atoms with Crippen LogP contribution in [-0.4, -0.2) is 37.5 Å². The lowest BCUT2D eigenvalue weighted by Crippen LogP contribution is -2.39. The van der Waals surface area contributed by atoms with Crippen molar-refractivity contribution in [2.24, 2.45) is 5.92 Å². The van der Waals surface area contributed by atoms with Crippen molar-refractivity contribution in [2.45, 2.75) is 33.2 Å². The lowest BCUT2D eigenvalue weighted by molar-refractivity contribution is -0.127. The second-order valence-electron chi connectivity index (χ2n) is 3.84. The molecule has 0 aromatic carbocycles. The Balaban J connectivity index is 3.69. The van der Waals surface area contributed by atoms with Crippen LogP contribution in [0, 0.1) is 5.92 Å². The summed E-state index contributed by atoms with van der Waals surface area (Å²) in [5.41, 5.74) is 0. The number of carbonyl (C=O) groups excluding carboxylic acids is 1. The number of hydrogen-bond donors (Lipinski definition) is 1. The van der Waals surface area contributed by atoms with Gasteiger partial charge in [-0.1, -0.05) is 20.3 Å². The third kappa shape index (κ3) is 4.88. The average Bonchev–Trinajstić information content (AvgIpc) is 2.11. The lowest BCUT2D eigenvalue weighted by atomic mass is 10.0. The van der Waals surface area contributed by atoms with Gasteiger partial charge in [0.25, 0.3) is 0 Å². The van der Waals surface area contributed by atoms with Gasteiger partial charge in [-0.05, 0) is 12.8 Å². The first-order valence-corrected chi connectivity index (χ1v) is 4.92. The van der Waals surface area contributed by atoms with Crippen LogP contribution >= 0.6 is 0 Å². The fraction of sp³-hybridized carbons (Fsp3) is 0.900. The summed E-state index contributed by atoms with van der Waals surface area (Å²) in [4.78, 5) is 12.8. The minimum atomic E-state index is 0.134. The van der Waals surface area contributed by atoms with Crippen LogP contribution in [0.25, 0.3) is 0 Å². The number of rotatable bonds is 5. The molecule has 0 spiro atoms. The Morgan fingerprint density at radius 2 is 1.92 bits per heavy atom. The third-order valence-electron chi connectivity index (χ3n) is 2.57. The Morgan fingerprint density at radius 3 is 2.31 bits per heavy atom. The smallest absolute Gasteiger partial charge is 0.236 e. The molecule has 0 unspecified atom stereocenters. The minimum absolute atomic E-state index is 0.134. The molecular weight excluding hydrogens is 164 g/mol. The zero-order valence-corrected chi connectivity index (χ0v) is 9.42. The van der Waals surface area contributed by atoms with E-state index < -0.39 is 0 Å². The Labute approximate surface area is 81.5 Å². The maximum Gasteiger partial charge on any atom is 0.236 e. The van der Waals surface area contributed by atoms with Crippen molar-refractivity contribution >= 4 is 5.91 Å². The van der Waals surface area contributed by atoms with Gasteiger partial charge in [-0.15, -0.1) is 0 Å². The van der Waals surface area contributed by atoms with E-state index >= 15 is 0 Å². The highest BCUT2D eigenvalue weighted by Gasteiger charge is 2.11. The van der Waals surface area contributed by atoms with Gasteiger partial charge in [-0.25, -0.2) is 0 Å². The number of hydrogen-bond acceptors (Lipinski definition) is 2. The quantitative estimate of drug-likeness (QED) is 0.697. The van der Waals surface area contributed by atoms with Gasteiger partial charge in [-0.2, -0.15) is 0 Å². The van der Waals surface area contributed by atoms with Crippen LogP contribution in [-0.2, 0) is 4.79 Å². The van der Waals surface area contributed by atoms with Crippen molar-refractivity contribution in [3.63, 3.8) is 0 Å². The number of amides is 1. The second kappa shape index (κ2) is 5.97. The fourth-order valence-electron chi connectivity index (χ4n) is 0.961. The van der Waals surface area contributed by atoms with Crippen LogP contribution < -0.4 is 5.32 Å². The first kappa shape index (κ1) is 12.4. The van der Waals surface area contributed by atoms with E-state index in [9.17, 15) is 4.79 Å². The predicted octanol–water partition coefficient (Wildman–Crippen LogP) is 1.10. The molecule has 0 bridgehead atoms. The third-order valence-corrected chi connectivity index (χ3v) is 2.57. The van der Waals surface area contributed by atoms with Crippen LogP contribution in [0.4, 0.5) is 0 Å². The number of nitrogens with one attached hydrogen (secondary N) is 1. The summed E-state index contributed by atoms with van der Waals surface area (Å²) in [6.45, 7) is 6.92.